The first-order valence-corrected chi connectivity index (χ1v) is 10.7. The first-order chi connectivity index (χ1) is 15.3. The van der Waals surface area contributed by atoms with Gasteiger partial charge in [0, 0.05) is 36.1 Å². The number of hydrogen-bond acceptors (Lipinski definition) is 6. The summed E-state index contributed by atoms with van der Waals surface area (Å²) in [6.45, 7) is 4.16. The van der Waals surface area contributed by atoms with Crippen LogP contribution in [-0.4, -0.2) is 32.3 Å². The number of carbonyl (C=O) groups is 1. The molecule has 162 valence electrons. The highest BCUT2D eigenvalue weighted by atomic mass is 35.5. The minimum absolute atomic E-state index is 0.180. The summed E-state index contributed by atoms with van der Waals surface area (Å²) in [4.78, 5) is 28.6. The summed E-state index contributed by atoms with van der Waals surface area (Å²) in [5, 5.41) is 0.535. The van der Waals surface area contributed by atoms with Crippen molar-refractivity contribution in [1.82, 2.24) is 14.9 Å². The van der Waals surface area contributed by atoms with Crippen LogP contribution in [0.3, 0.4) is 0 Å². The van der Waals surface area contributed by atoms with Gasteiger partial charge in [0.05, 0.1) is 17.3 Å². The molecule has 1 spiro atoms. The summed E-state index contributed by atoms with van der Waals surface area (Å²) < 4.78 is 6.22. The molecule has 5 rings (SSSR count). The van der Waals surface area contributed by atoms with E-state index in [-0.39, 0.29) is 18.4 Å². The second kappa shape index (κ2) is 7.31. The number of nitrogens with two attached hydrogens (primary N) is 1. The van der Waals surface area contributed by atoms with Gasteiger partial charge in [0.1, 0.15) is 11.4 Å². The van der Waals surface area contributed by atoms with Crippen LogP contribution in [0.2, 0.25) is 5.02 Å². The Morgan fingerprint density at radius 1 is 1.16 bits per heavy atom. The van der Waals surface area contributed by atoms with Crippen molar-refractivity contribution in [3.05, 3.63) is 77.3 Å². The summed E-state index contributed by atoms with van der Waals surface area (Å²) in [6.07, 6.45) is 5.37. The molecule has 1 amide bonds. The molecule has 0 aliphatic carbocycles. The zero-order valence-corrected chi connectivity index (χ0v) is 18.5. The van der Waals surface area contributed by atoms with Gasteiger partial charge in [0.2, 0.25) is 0 Å². The average molecular weight is 448 g/mol. The number of carbonyl (C=O) groups excluding carboxylic acids is 1. The summed E-state index contributed by atoms with van der Waals surface area (Å²) >= 11 is 6.14. The molecule has 0 fully saturated rings. The third kappa shape index (κ3) is 3.39. The second-order valence-corrected chi connectivity index (χ2v) is 9.12. The van der Waals surface area contributed by atoms with Gasteiger partial charge in [0.15, 0.2) is 11.5 Å². The molecular weight excluding hydrogens is 426 g/mol. The van der Waals surface area contributed by atoms with Crippen LogP contribution in [0.25, 0.3) is 11.1 Å². The number of benzene rings is 1. The zero-order valence-electron chi connectivity index (χ0n) is 17.7. The number of hydrogen-bond donors (Lipinski definition) is 1. The van der Waals surface area contributed by atoms with Gasteiger partial charge in [-0.15, -0.1) is 0 Å². The highest BCUT2D eigenvalue weighted by Crippen LogP contribution is 2.50. The van der Waals surface area contributed by atoms with E-state index in [1.807, 2.05) is 56.3 Å². The molecule has 0 saturated heterocycles. The minimum Gasteiger partial charge on any atom is -0.487 e. The predicted molar refractivity (Wildman–Crippen MR) is 122 cm³/mol. The van der Waals surface area contributed by atoms with Crippen molar-refractivity contribution in [3.8, 4) is 16.9 Å². The first-order valence-electron chi connectivity index (χ1n) is 10.3. The second-order valence-electron chi connectivity index (χ2n) is 8.68. The van der Waals surface area contributed by atoms with E-state index in [2.05, 4.69) is 9.97 Å². The van der Waals surface area contributed by atoms with E-state index in [1.54, 1.807) is 18.6 Å². The van der Waals surface area contributed by atoms with E-state index < -0.39 is 11.1 Å². The van der Waals surface area contributed by atoms with Crippen molar-refractivity contribution in [2.24, 2.45) is 10.7 Å². The average Bonchev–Trinajstić information content (AvgIpc) is 2.98. The lowest BCUT2D eigenvalue weighted by Crippen LogP contribution is -2.49. The fourth-order valence-electron chi connectivity index (χ4n) is 4.46. The van der Waals surface area contributed by atoms with Crippen LogP contribution in [-0.2, 0) is 16.9 Å². The third-order valence-electron chi connectivity index (χ3n) is 5.76. The monoisotopic (exact) mass is 447 g/mol. The largest absolute Gasteiger partial charge is 0.487 e. The maximum Gasteiger partial charge on any atom is 0.262 e. The van der Waals surface area contributed by atoms with Crippen molar-refractivity contribution in [2.75, 3.05) is 0 Å². The molecule has 1 aromatic carbocycles. The Morgan fingerprint density at radius 2 is 2.00 bits per heavy atom. The molecule has 1 atom stereocenters. The minimum atomic E-state index is -1.17. The molecular formula is C24H22ClN5O2. The van der Waals surface area contributed by atoms with Crippen molar-refractivity contribution < 1.29 is 9.53 Å². The number of ether oxygens (including phenoxy) is 1. The molecule has 0 saturated carbocycles. The van der Waals surface area contributed by atoms with E-state index in [0.717, 1.165) is 16.8 Å². The van der Waals surface area contributed by atoms with Crippen LogP contribution in [0.4, 0.5) is 0 Å². The van der Waals surface area contributed by atoms with E-state index in [0.29, 0.717) is 22.8 Å². The zero-order chi connectivity index (χ0) is 22.5. The number of amides is 1. The number of pyridine rings is 2. The number of rotatable bonds is 3. The van der Waals surface area contributed by atoms with Crippen molar-refractivity contribution in [3.63, 3.8) is 0 Å². The molecule has 7 nitrogen and oxygen atoms in total. The Hall–Kier alpha value is -3.45. The van der Waals surface area contributed by atoms with Gasteiger partial charge in [0.25, 0.3) is 5.91 Å². The fraction of sp³-hybridized carbons (Fsp3) is 0.250. The van der Waals surface area contributed by atoms with Crippen LogP contribution >= 0.6 is 11.6 Å². The topological polar surface area (TPSA) is 93.7 Å². The van der Waals surface area contributed by atoms with Crippen molar-refractivity contribution in [1.29, 1.82) is 0 Å². The fourth-order valence-corrected chi connectivity index (χ4v) is 4.64. The van der Waals surface area contributed by atoms with Crippen LogP contribution < -0.4 is 10.5 Å². The molecule has 0 bridgehead atoms. The normalized spacial score (nSPS) is 21.3. The number of fused-ring (bicyclic) bond motifs is 2. The van der Waals surface area contributed by atoms with Gasteiger partial charge < -0.3 is 10.5 Å². The molecule has 1 unspecified atom stereocenters. The molecule has 2 aliphatic rings. The Balaban J connectivity index is 1.61. The number of guanidine groups is 1. The Labute approximate surface area is 190 Å². The van der Waals surface area contributed by atoms with E-state index in [4.69, 9.17) is 27.1 Å². The van der Waals surface area contributed by atoms with E-state index in [1.165, 1.54) is 4.90 Å². The van der Waals surface area contributed by atoms with E-state index >= 15 is 0 Å². The predicted octanol–water partition coefficient (Wildman–Crippen LogP) is 3.91. The van der Waals surface area contributed by atoms with Gasteiger partial charge in [-0.2, -0.15) is 0 Å². The third-order valence-corrected chi connectivity index (χ3v) is 5.97. The van der Waals surface area contributed by atoms with Crippen molar-refractivity contribution >= 4 is 23.5 Å². The Bertz CT molecular complexity index is 1240. The number of aliphatic imine (C=N–C) groups is 1. The molecule has 2 N–H and O–H groups in total. The molecule has 0 radical (unpaired) electrons. The molecule has 8 heteroatoms. The summed E-state index contributed by atoms with van der Waals surface area (Å²) in [5.41, 5.74) is 7.65. The van der Waals surface area contributed by atoms with Crippen LogP contribution in [0.15, 0.2) is 66.0 Å². The van der Waals surface area contributed by atoms with E-state index in [9.17, 15) is 4.79 Å². The lowest BCUT2D eigenvalue weighted by molar-refractivity contribution is -0.135. The maximum absolute atomic E-state index is 13.9. The standard InChI is InChI=1S/C24H22ClN5O2/c1-23(2)14-24(21(31)30(22(26)29-24)13-18-5-3-4-8-28-18)19-10-15(6-7-20(19)32-23)16-9-17(25)12-27-11-16/h3-12H,13-14H2,1-2H3,(H2,26,29). The maximum atomic E-state index is 13.9. The molecule has 32 heavy (non-hydrogen) atoms. The van der Waals surface area contributed by atoms with Crippen LogP contribution in [0, 0.1) is 0 Å². The first kappa shape index (κ1) is 20.5. The quantitative estimate of drug-likeness (QED) is 0.657. The molecule has 4 heterocycles. The Kier molecular flexibility index (Phi) is 4.67. The molecule has 3 aromatic rings. The SMILES string of the molecule is CC1(C)CC2(N=C(N)N(Cc3ccccn3)C2=O)c2cc(-c3cncc(Cl)c3)ccc2O1. The summed E-state index contributed by atoms with van der Waals surface area (Å²) in [5.74, 6) is 0.614. The van der Waals surface area contributed by atoms with Gasteiger partial charge in [-0.1, -0.05) is 23.7 Å². The molecule has 2 aromatic heterocycles. The lowest BCUT2D eigenvalue weighted by Gasteiger charge is -2.41. The van der Waals surface area contributed by atoms with Gasteiger partial charge in [-0.3, -0.25) is 19.7 Å². The van der Waals surface area contributed by atoms with Crippen LogP contribution in [0.5, 0.6) is 5.75 Å². The van der Waals surface area contributed by atoms with Crippen LogP contribution in [0.1, 0.15) is 31.5 Å². The smallest absolute Gasteiger partial charge is 0.262 e. The summed E-state index contributed by atoms with van der Waals surface area (Å²) in [7, 11) is 0. The highest BCUT2D eigenvalue weighted by molar-refractivity contribution is 6.30. The Morgan fingerprint density at radius 3 is 2.75 bits per heavy atom. The summed E-state index contributed by atoms with van der Waals surface area (Å²) in [6, 6.07) is 13.1. The number of nitrogens with zero attached hydrogens (tertiary/aromatic N) is 4. The van der Waals surface area contributed by atoms with Gasteiger partial charge in [-0.25, -0.2) is 4.99 Å². The lowest BCUT2D eigenvalue weighted by atomic mass is 9.77. The number of aromatic nitrogens is 2. The number of halogens is 1. The molecule has 2 aliphatic heterocycles. The van der Waals surface area contributed by atoms with Gasteiger partial charge in [-0.05, 0) is 49.7 Å². The van der Waals surface area contributed by atoms with Gasteiger partial charge >= 0.3 is 0 Å². The highest BCUT2D eigenvalue weighted by Gasteiger charge is 2.56. The van der Waals surface area contributed by atoms with Crippen molar-refractivity contribution in [2.45, 2.75) is 38.0 Å².